The normalized spacial score (nSPS) is 15.3. The number of urea groups is 1. The zero-order valence-electron chi connectivity index (χ0n) is 11.7. The first-order valence-corrected chi connectivity index (χ1v) is 7.81. The van der Waals surface area contributed by atoms with Crippen molar-refractivity contribution in [1.29, 1.82) is 0 Å². The van der Waals surface area contributed by atoms with E-state index in [1.165, 1.54) is 5.56 Å². The smallest absolute Gasteiger partial charge is 0.315 e. The van der Waals surface area contributed by atoms with Gasteiger partial charge in [-0.1, -0.05) is 34.1 Å². The summed E-state index contributed by atoms with van der Waals surface area (Å²) < 4.78 is 1.06. The summed E-state index contributed by atoms with van der Waals surface area (Å²) in [5, 5.41) is 14.3. The molecule has 0 atom stereocenters. The molecule has 1 aliphatic carbocycles. The van der Waals surface area contributed by atoms with Gasteiger partial charge in [-0.3, -0.25) is 4.79 Å². The fraction of sp³-hybridized carbons (Fsp3) is 0.467. The van der Waals surface area contributed by atoms with Gasteiger partial charge in [-0.2, -0.15) is 0 Å². The molecule has 0 spiro atoms. The van der Waals surface area contributed by atoms with Gasteiger partial charge >= 0.3 is 12.0 Å². The first-order valence-electron chi connectivity index (χ1n) is 7.02. The van der Waals surface area contributed by atoms with E-state index in [-0.39, 0.29) is 18.0 Å². The van der Waals surface area contributed by atoms with Crippen molar-refractivity contribution in [1.82, 2.24) is 10.6 Å². The Morgan fingerprint density at radius 3 is 2.62 bits per heavy atom. The molecule has 1 fully saturated rings. The lowest BCUT2D eigenvalue weighted by Gasteiger charge is -2.18. The highest BCUT2D eigenvalue weighted by Gasteiger charge is 2.44. The summed E-state index contributed by atoms with van der Waals surface area (Å²) in [6, 6.07) is 7.79. The third-order valence-corrected chi connectivity index (χ3v) is 4.35. The number of carboxylic acid groups (broad SMARTS) is 1. The van der Waals surface area contributed by atoms with Gasteiger partial charge in [0.25, 0.3) is 0 Å². The van der Waals surface area contributed by atoms with E-state index in [0.717, 1.165) is 23.7 Å². The SMILES string of the molecule is O=C(O)CCCNC(=O)NC1(Cc2ccccc2Br)CC1. The summed E-state index contributed by atoms with van der Waals surface area (Å²) in [7, 11) is 0. The van der Waals surface area contributed by atoms with E-state index in [9.17, 15) is 9.59 Å². The summed E-state index contributed by atoms with van der Waals surface area (Å²) in [6.45, 7) is 0.378. The fourth-order valence-corrected chi connectivity index (χ4v) is 2.65. The number of carbonyl (C=O) groups is 2. The summed E-state index contributed by atoms with van der Waals surface area (Å²) >= 11 is 3.52. The largest absolute Gasteiger partial charge is 0.481 e. The molecule has 0 bridgehead atoms. The third-order valence-electron chi connectivity index (χ3n) is 3.57. The van der Waals surface area contributed by atoms with Crippen LogP contribution in [0.15, 0.2) is 28.7 Å². The van der Waals surface area contributed by atoms with Crippen molar-refractivity contribution in [3.8, 4) is 0 Å². The topological polar surface area (TPSA) is 78.4 Å². The third kappa shape index (κ3) is 5.04. The predicted octanol–water partition coefficient (Wildman–Crippen LogP) is 2.69. The number of amides is 2. The van der Waals surface area contributed by atoms with Crippen LogP contribution in [-0.4, -0.2) is 29.2 Å². The molecular formula is C15H19BrN2O3. The van der Waals surface area contributed by atoms with Crippen molar-refractivity contribution in [2.45, 2.75) is 37.6 Å². The van der Waals surface area contributed by atoms with Crippen molar-refractivity contribution >= 4 is 27.9 Å². The minimum absolute atomic E-state index is 0.0718. The minimum atomic E-state index is -0.843. The number of benzene rings is 1. The summed E-state index contributed by atoms with van der Waals surface area (Å²) in [4.78, 5) is 22.2. The van der Waals surface area contributed by atoms with E-state index in [1.807, 2.05) is 18.2 Å². The second kappa shape index (κ2) is 6.93. The maximum absolute atomic E-state index is 11.8. The van der Waals surface area contributed by atoms with Crippen LogP contribution >= 0.6 is 15.9 Å². The van der Waals surface area contributed by atoms with Gasteiger partial charge in [-0.15, -0.1) is 0 Å². The number of rotatable bonds is 7. The van der Waals surface area contributed by atoms with Crippen LogP contribution in [0, 0.1) is 0 Å². The van der Waals surface area contributed by atoms with Crippen LogP contribution in [0.5, 0.6) is 0 Å². The molecule has 1 aromatic rings. The average molecular weight is 355 g/mol. The minimum Gasteiger partial charge on any atom is -0.481 e. The number of carboxylic acids is 1. The van der Waals surface area contributed by atoms with Crippen molar-refractivity contribution in [3.05, 3.63) is 34.3 Å². The van der Waals surface area contributed by atoms with Crippen LogP contribution in [0.25, 0.3) is 0 Å². The van der Waals surface area contributed by atoms with Crippen LogP contribution < -0.4 is 10.6 Å². The number of aliphatic carboxylic acids is 1. The monoisotopic (exact) mass is 354 g/mol. The van der Waals surface area contributed by atoms with Crippen LogP contribution in [-0.2, 0) is 11.2 Å². The Hall–Kier alpha value is -1.56. The molecule has 5 nitrogen and oxygen atoms in total. The molecule has 0 radical (unpaired) electrons. The molecule has 0 saturated heterocycles. The van der Waals surface area contributed by atoms with Gasteiger partial charge in [0, 0.05) is 23.0 Å². The summed E-state index contributed by atoms with van der Waals surface area (Å²) in [6.07, 6.45) is 3.26. The summed E-state index contributed by atoms with van der Waals surface area (Å²) in [5.74, 6) is -0.843. The first-order chi connectivity index (χ1) is 10.0. The molecule has 2 amide bonds. The van der Waals surface area contributed by atoms with Gasteiger partial charge in [0.1, 0.15) is 0 Å². The Bertz CT molecular complexity index is 529. The molecule has 0 unspecified atom stereocenters. The zero-order valence-corrected chi connectivity index (χ0v) is 13.3. The van der Waals surface area contributed by atoms with Gasteiger partial charge in [0.2, 0.25) is 0 Å². The number of halogens is 1. The maximum atomic E-state index is 11.8. The highest BCUT2D eigenvalue weighted by Crippen LogP contribution is 2.39. The molecule has 1 aromatic carbocycles. The van der Waals surface area contributed by atoms with Crippen molar-refractivity contribution < 1.29 is 14.7 Å². The van der Waals surface area contributed by atoms with E-state index in [0.29, 0.717) is 13.0 Å². The number of hydrogen-bond acceptors (Lipinski definition) is 2. The van der Waals surface area contributed by atoms with Crippen molar-refractivity contribution in [2.24, 2.45) is 0 Å². The Morgan fingerprint density at radius 1 is 1.29 bits per heavy atom. The molecule has 21 heavy (non-hydrogen) atoms. The van der Waals surface area contributed by atoms with Gasteiger partial charge < -0.3 is 15.7 Å². The number of nitrogens with one attached hydrogen (secondary N) is 2. The number of hydrogen-bond donors (Lipinski definition) is 3. The Kier molecular flexibility index (Phi) is 5.22. The van der Waals surface area contributed by atoms with Gasteiger partial charge in [0.15, 0.2) is 0 Å². The van der Waals surface area contributed by atoms with E-state index in [1.54, 1.807) is 0 Å². The predicted molar refractivity (Wildman–Crippen MR) is 83.2 cm³/mol. The molecule has 1 aliphatic rings. The molecule has 0 heterocycles. The average Bonchev–Trinajstić information content (AvgIpc) is 3.17. The van der Waals surface area contributed by atoms with E-state index < -0.39 is 5.97 Å². The standard InChI is InChI=1S/C15H19BrN2O3/c16-12-5-2-1-4-11(12)10-15(7-8-15)18-14(21)17-9-3-6-13(19)20/h1-2,4-5H,3,6-10H2,(H,19,20)(H2,17,18,21). The molecule has 6 heteroatoms. The van der Waals surface area contributed by atoms with Gasteiger partial charge in [-0.05, 0) is 37.3 Å². The van der Waals surface area contributed by atoms with Crippen LogP contribution in [0.4, 0.5) is 4.79 Å². The molecule has 0 aliphatic heterocycles. The maximum Gasteiger partial charge on any atom is 0.315 e. The quantitative estimate of drug-likeness (QED) is 0.658. The molecule has 1 saturated carbocycles. The van der Waals surface area contributed by atoms with Crippen molar-refractivity contribution in [3.63, 3.8) is 0 Å². The second-order valence-electron chi connectivity index (χ2n) is 5.43. The van der Waals surface area contributed by atoms with E-state index in [2.05, 4.69) is 32.6 Å². The lowest BCUT2D eigenvalue weighted by Crippen LogP contribution is -2.45. The molecule has 0 aromatic heterocycles. The molecule has 3 N–H and O–H groups in total. The lowest BCUT2D eigenvalue weighted by atomic mass is 10.0. The highest BCUT2D eigenvalue weighted by molar-refractivity contribution is 9.10. The van der Waals surface area contributed by atoms with Crippen LogP contribution in [0.3, 0.4) is 0 Å². The first kappa shape index (κ1) is 15.8. The Balaban J connectivity index is 1.78. The summed E-state index contributed by atoms with van der Waals surface area (Å²) in [5.41, 5.74) is 1.03. The van der Waals surface area contributed by atoms with E-state index >= 15 is 0 Å². The van der Waals surface area contributed by atoms with Crippen LogP contribution in [0.2, 0.25) is 0 Å². The van der Waals surface area contributed by atoms with E-state index in [4.69, 9.17) is 5.11 Å². The highest BCUT2D eigenvalue weighted by atomic mass is 79.9. The lowest BCUT2D eigenvalue weighted by molar-refractivity contribution is -0.137. The second-order valence-corrected chi connectivity index (χ2v) is 6.28. The Morgan fingerprint density at radius 2 is 2.00 bits per heavy atom. The molecule has 114 valence electrons. The van der Waals surface area contributed by atoms with Gasteiger partial charge in [-0.25, -0.2) is 4.79 Å². The fourth-order valence-electron chi connectivity index (χ4n) is 2.23. The molecule has 2 rings (SSSR count). The zero-order chi connectivity index (χ0) is 15.3. The van der Waals surface area contributed by atoms with Crippen LogP contribution in [0.1, 0.15) is 31.2 Å². The van der Waals surface area contributed by atoms with Gasteiger partial charge in [0.05, 0.1) is 0 Å². The number of carbonyl (C=O) groups excluding carboxylic acids is 1. The Labute approximate surface area is 132 Å². The van der Waals surface area contributed by atoms with Crippen molar-refractivity contribution in [2.75, 3.05) is 6.54 Å². The molecular weight excluding hydrogens is 336 g/mol.